The lowest BCUT2D eigenvalue weighted by Gasteiger charge is -2.23. The number of aryl methyl sites for hydroxylation is 1. The summed E-state index contributed by atoms with van der Waals surface area (Å²) in [4.78, 5) is 12.0. The highest BCUT2D eigenvalue weighted by atomic mass is 32.2. The number of nitrogens with one attached hydrogen (secondary N) is 1. The van der Waals surface area contributed by atoms with Crippen LogP contribution in [0.4, 0.5) is 0 Å². The molecule has 1 rings (SSSR count). The second-order valence-corrected chi connectivity index (χ2v) is 5.96. The molecule has 4 N–H and O–H groups in total. The van der Waals surface area contributed by atoms with Crippen LogP contribution in [0.1, 0.15) is 18.9 Å². The smallest absolute Gasteiger partial charge is 0.237 e. The summed E-state index contributed by atoms with van der Waals surface area (Å²) in [6, 6.07) is 9.38. The minimum atomic E-state index is -0.515. The number of thioether (sulfide) groups is 1. The van der Waals surface area contributed by atoms with E-state index in [1.807, 2.05) is 43.5 Å². The van der Waals surface area contributed by atoms with Crippen LogP contribution in [-0.2, 0) is 11.2 Å². The van der Waals surface area contributed by atoms with Gasteiger partial charge in [-0.15, -0.1) is 0 Å². The van der Waals surface area contributed by atoms with E-state index in [2.05, 4.69) is 5.32 Å². The largest absolute Gasteiger partial charge is 0.395 e. The number of hydrogen-bond acceptors (Lipinski definition) is 4. The summed E-state index contributed by atoms with van der Waals surface area (Å²) in [5.74, 6) is -0.152. The van der Waals surface area contributed by atoms with Crippen LogP contribution < -0.4 is 11.1 Å². The molecule has 0 spiro atoms. The molecule has 4 nitrogen and oxygen atoms in total. The third kappa shape index (κ3) is 5.53. The quantitative estimate of drug-likeness (QED) is 0.673. The number of carbonyl (C=O) groups is 1. The monoisotopic (exact) mass is 296 g/mol. The van der Waals surface area contributed by atoms with Gasteiger partial charge in [0.1, 0.15) is 0 Å². The SMILES string of the molecule is CSC(CO)C(C)NC(=O)[C@@H](N)CCc1ccccc1. The van der Waals surface area contributed by atoms with Gasteiger partial charge in [0.05, 0.1) is 12.6 Å². The number of benzene rings is 1. The van der Waals surface area contributed by atoms with E-state index in [4.69, 9.17) is 5.73 Å². The van der Waals surface area contributed by atoms with Gasteiger partial charge in [0.25, 0.3) is 0 Å². The first-order chi connectivity index (χ1) is 9.58. The Kier molecular flexibility index (Phi) is 7.65. The van der Waals surface area contributed by atoms with E-state index in [0.717, 1.165) is 6.42 Å². The Hall–Kier alpha value is -1.04. The van der Waals surface area contributed by atoms with Crippen molar-refractivity contribution in [3.63, 3.8) is 0 Å². The van der Waals surface area contributed by atoms with Gasteiger partial charge in [0, 0.05) is 11.3 Å². The van der Waals surface area contributed by atoms with E-state index in [1.165, 1.54) is 17.3 Å². The highest BCUT2D eigenvalue weighted by molar-refractivity contribution is 7.99. The molecule has 0 aliphatic rings. The summed E-state index contributed by atoms with van der Waals surface area (Å²) < 4.78 is 0. The predicted molar refractivity (Wildman–Crippen MR) is 84.7 cm³/mol. The van der Waals surface area contributed by atoms with E-state index in [-0.39, 0.29) is 23.8 Å². The Morgan fingerprint density at radius 3 is 2.60 bits per heavy atom. The van der Waals surface area contributed by atoms with Gasteiger partial charge in [-0.3, -0.25) is 4.79 Å². The summed E-state index contributed by atoms with van der Waals surface area (Å²) in [5.41, 5.74) is 7.10. The lowest BCUT2D eigenvalue weighted by atomic mass is 10.0. The highest BCUT2D eigenvalue weighted by Crippen LogP contribution is 2.11. The fourth-order valence-corrected chi connectivity index (χ4v) is 2.58. The molecule has 0 saturated heterocycles. The standard InChI is InChI=1S/C15H24N2O2S/c1-11(14(10-18)20-2)17-15(19)13(16)9-8-12-6-4-3-5-7-12/h3-7,11,13-14,18H,8-10,16H2,1-2H3,(H,17,19)/t11?,13-,14?/m0/s1. The Balaban J connectivity index is 2.39. The van der Waals surface area contributed by atoms with Crippen molar-refractivity contribution >= 4 is 17.7 Å². The molecule has 0 bridgehead atoms. The number of amides is 1. The van der Waals surface area contributed by atoms with Gasteiger partial charge < -0.3 is 16.2 Å². The number of carbonyl (C=O) groups excluding carboxylic acids is 1. The first-order valence-corrected chi connectivity index (χ1v) is 8.10. The molecule has 2 unspecified atom stereocenters. The van der Waals surface area contributed by atoms with Gasteiger partial charge in [-0.25, -0.2) is 0 Å². The van der Waals surface area contributed by atoms with Gasteiger partial charge in [-0.1, -0.05) is 30.3 Å². The molecule has 1 aromatic carbocycles. The second kappa shape index (κ2) is 9.00. The molecule has 5 heteroatoms. The molecule has 112 valence electrons. The molecule has 0 aliphatic heterocycles. The van der Waals surface area contributed by atoms with Crippen LogP contribution >= 0.6 is 11.8 Å². The fourth-order valence-electron chi connectivity index (χ4n) is 1.96. The molecule has 1 amide bonds. The predicted octanol–water partition coefficient (Wildman–Crippen LogP) is 1.18. The van der Waals surface area contributed by atoms with Crippen LogP contribution in [0, 0.1) is 0 Å². The maximum Gasteiger partial charge on any atom is 0.237 e. The molecule has 0 heterocycles. The van der Waals surface area contributed by atoms with Crippen molar-refractivity contribution in [2.75, 3.05) is 12.9 Å². The van der Waals surface area contributed by atoms with Gasteiger partial charge in [-0.2, -0.15) is 11.8 Å². The van der Waals surface area contributed by atoms with E-state index < -0.39 is 6.04 Å². The Morgan fingerprint density at radius 1 is 1.40 bits per heavy atom. The van der Waals surface area contributed by atoms with E-state index in [9.17, 15) is 9.90 Å². The van der Waals surface area contributed by atoms with Gasteiger partial charge in [-0.05, 0) is 31.6 Å². The molecule has 20 heavy (non-hydrogen) atoms. The molecule has 3 atom stereocenters. The summed E-state index contributed by atoms with van der Waals surface area (Å²) in [6.45, 7) is 1.93. The molecule has 0 aliphatic carbocycles. The highest BCUT2D eigenvalue weighted by Gasteiger charge is 2.20. The molecule has 1 aromatic rings. The van der Waals surface area contributed by atoms with Crippen molar-refractivity contribution in [3.8, 4) is 0 Å². The first kappa shape index (κ1) is 17.0. The van der Waals surface area contributed by atoms with E-state index in [0.29, 0.717) is 6.42 Å². The molecule has 0 radical (unpaired) electrons. The maximum absolute atomic E-state index is 12.0. The summed E-state index contributed by atoms with van der Waals surface area (Å²) in [6.07, 6.45) is 3.32. The van der Waals surface area contributed by atoms with E-state index in [1.54, 1.807) is 0 Å². The Morgan fingerprint density at radius 2 is 2.05 bits per heavy atom. The second-order valence-electron chi connectivity index (χ2n) is 4.88. The van der Waals surface area contributed by atoms with Crippen LogP contribution in [-0.4, -0.2) is 41.2 Å². The van der Waals surface area contributed by atoms with Crippen LogP contribution in [0.3, 0.4) is 0 Å². The Bertz CT molecular complexity index is 396. The zero-order valence-corrected chi connectivity index (χ0v) is 12.9. The van der Waals surface area contributed by atoms with Crippen LogP contribution in [0.25, 0.3) is 0 Å². The average Bonchev–Trinajstić information content (AvgIpc) is 2.47. The number of rotatable bonds is 8. The number of hydrogen-bond donors (Lipinski definition) is 3. The lowest BCUT2D eigenvalue weighted by Crippen LogP contribution is -2.48. The summed E-state index contributed by atoms with van der Waals surface area (Å²) >= 11 is 1.54. The number of aliphatic hydroxyl groups is 1. The average molecular weight is 296 g/mol. The zero-order chi connectivity index (χ0) is 15.0. The van der Waals surface area contributed by atoms with Crippen LogP contribution in [0.5, 0.6) is 0 Å². The van der Waals surface area contributed by atoms with Crippen molar-refractivity contribution in [1.82, 2.24) is 5.32 Å². The van der Waals surface area contributed by atoms with Crippen LogP contribution in [0.2, 0.25) is 0 Å². The van der Waals surface area contributed by atoms with Crippen molar-refractivity contribution in [1.29, 1.82) is 0 Å². The minimum absolute atomic E-state index is 0.000253. The number of aliphatic hydroxyl groups excluding tert-OH is 1. The lowest BCUT2D eigenvalue weighted by molar-refractivity contribution is -0.123. The Labute approximate surface area is 125 Å². The molecular weight excluding hydrogens is 272 g/mol. The third-order valence-electron chi connectivity index (χ3n) is 3.33. The fraction of sp³-hybridized carbons (Fsp3) is 0.533. The molecular formula is C15H24N2O2S. The van der Waals surface area contributed by atoms with Gasteiger partial charge >= 0.3 is 0 Å². The van der Waals surface area contributed by atoms with Crippen molar-refractivity contribution in [2.45, 2.75) is 37.1 Å². The zero-order valence-electron chi connectivity index (χ0n) is 12.1. The van der Waals surface area contributed by atoms with Crippen molar-refractivity contribution in [2.24, 2.45) is 5.73 Å². The molecule has 0 fully saturated rings. The summed E-state index contributed by atoms with van der Waals surface area (Å²) in [5, 5.41) is 12.1. The van der Waals surface area contributed by atoms with Gasteiger partial charge in [0.15, 0.2) is 0 Å². The third-order valence-corrected chi connectivity index (χ3v) is 4.50. The molecule has 0 saturated carbocycles. The van der Waals surface area contributed by atoms with Crippen molar-refractivity contribution in [3.05, 3.63) is 35.9 Å². The number of nitrogens with two attached hydrogens (primary N) is 1. The normalized spacial score (nSPS) is 15.4. The summed E-state index contributed by atoms with van der Waals surface area (Å²) in [7, 11) is 0. The first-order valence-electron chi connectivity index (χ1n) is 6.82. The van der Waals surface area contributed by atoms with E-state index >= 15 is 0 Å². The maximum atomic E-state index is 12.0. The topological polar surface area (TPSA) is 75.3 Å². The van der Waals surface area contributed by atoms with Crippen LogP contribution in [0.15, 0.2) is 30.3 Å². The molecule has 0 aromatic heterocycles. The minimum Gasteiger partial charge on any atom is -0.395 e. The van der Waals surface area contributed by atoms with Crippen molar-refractivity contribution < 1.29 is 9.90 Å². The van der Waals surface area contributed by atoms with Gasteiger partial charge in [0.2, 0.25) is 5.91 Å².